The van der Waals surface area contributed by atoms with Crippen molar-refractivity contribution in [3.8, 4) is 5.75 Å². The number of aromatic amines is 1. The van der Waals surface area contributed by atoms with Crippen LogP contribution < -0.4 is 10.1 Å². The van der Waals surface area contributed by atoms with E-state index in [-0.39, 0.29) is 0 Å². The van der Waals surface area contributed by atoms with E-state index in [1.165, 1.54) is 27.7 Å². The Morgan fingerprint density at radius 3 is 2.65 bits per heavy atom. The van der Waals surface area contributed by atoms with E-state index in [1.807, 2.05) is 12.1 Å². The lowest BCUT2D eigenvalue weighted by Gasteiger charge is -2.07. The first kappa shape index (κ1) is 16.1. The van der Waals surface area contributed by atoms with Gasteiger partial charge in [-0.25, -0.2) is 0 Å². The molecule has 0 bridgehead atoms. The van der Waals surface area contributed by atoms with Gasteiger partial charge in [-0.05, 0) is 61.3 Å². The Hall–Kier alpha value is -1.78. The number of aryl methyl sites for hydroxylation is 1. The number of benzene rings is 2. The summed E-state index contributed by atoms with van der Waals surface area (Å²) in [6.45, 7) is 3.97. The minimum atomic E-state index is 0.870. The highest BCUT2D eigenvalue weighted by atomic mass is 79.9. The maximum Gasteiger partial charge on any atom is 0.118 e. The van der Waals surface area contributed by atoms with Gasteiger partial charge in [-0.3, -0.25) is 0 Å². The molecule has 120 valence electrons. The molecule has 3 rings (SSSR count). The highest BCUT2D eigenvalue weighted by Crippen LogP contribution is 2.25. The van der Waals surface area contributed by atoms with Crippen LogP contribution in [0.4, 0.5) is 0 Å². The smallest absolute Gasteiger partial charge is 0.118 e. The fraction of sp³-hybridized carbons (Fsp3) is 0.263. The lowest BCUT2D eigenvalue weighted by molar-refractivity contribution is 0.414. The number of nitrogens with one attached hydrogen (secondary N) is 2. The van der Waals surface area contributed by atoms with Crippen molar-refractivity contribution in [3.05, 3.63) is 63.8 Å². The number of halogens is 1. The van der Waals surface area contributed by atoms with E-state index >= 15 is 0 Å². The number of fused-ring (bicyclic) bond motifs is 1. The standard InChI is InChI=1S/C19H21BrN2O/c1-13-17(18-11-15(20)5-8-19(18)22-13)9-10-21-12-14-3-6-16(23-2)7-4-14/h3-8,11,21-22H,9-10,12H2,1-2H3. The molecular formula is C19H21BrN2O. The van der Waals surface area contributed by atoms with Crippen LogP contribution in [0.25, 0.3) is 10.9 Å². The van der Waals surface area contributed by atoms with Gasteiger partial charge in [0.15, 0.2) is 0 Å². The summed E-state index contributed by atoms with van der Waals surface area (Å²) in [7, 11) is 1.69. The molecule has 4 heteroatoms. The first-order valence-corrected chi connectivity index (χ1v) is 8.57. The van der Waals surface area contributed by atoms with Gasteiger partial charge in [-0.2, -0.15) is 0 Å². The second kappa shape index (κ2) is 7.20. The van der Waals surface area contributed by atoms with Crippen LogP contribution >= 0.6 is 15.9 Å². The van der Waals surface area contributed by atoms with Crippen molar-refractivity contribution >= 4 is 26.8 Å². The molecule has 0 atom stereocenters. The number of aromatic nitrogens is 1. The molecule has 0 fully saturated rings. The summed E-state index contributed by atoms with van der Waals surface area (Å²) in [5, 5.41) is 4.83. The highest BCUT2D eigenvalue weighted by molar-refractivity contribution is 9.10. The van der Waals surface area contributed by atoms with Gasteiger partial charge in [0.25, 0.3) is 0 Å². The zero-order chi connectivity index (χ0) is 16.2. The molecule has 0 aliphatic heterocycles. The van der Waals surface area contributed by atoms with Crippen molar-refractivity contribution in [2.75, 3.05) is 13.7 Å². The Morgan fingerprint density at radius 2 is 1.91 bits per heavy atom. The van der Waals surface area contributed by atoms with E-state index in [4.69, 9.17) is 4.74 Å². The topological polar surface area (TPSA) is 37.0 Å². The number of hydrogen-bond acceptors (Lipinski definition) is 2. The minimum absolute atomic E-state index is 0.870. The number of hydrogen-bond donors (Lipinski definition) is 2. The van der Waals surface area contributed by atoms with Crippen molar-refractivity contribution in [3.63, 3.8) is 0 Å². The van der Waals surface area contributed by atoms with Crippen molar-refractivity contribution < 1.29 is 4.74 Å². The number of ether oxygens (including phenoxy) is 1. The lowest BCUT2D eigenvalue weighted by atomic mass is 10.1. The molecule has 0 aliphatic carbocycles. The molecular weight excluding hydrogens is 352 g/mol. The van der Waals surface area contributed by atoms with E-state index in [2.05, 4.69) is 63.5 Å². The third-order valence-corrected chi connectivity index (χ3v) is 4.61. The van der Waals surface area contributed by atoms with Gasteiger partial charge < -0.3 is 15.0 Å². The van der Waals surface area contributed by atoms with E-state index in [0.717, 1.165) is 29.7 Å². The quantitative estimate of drug-likeness (QED) is 0.621. The molecule has 3 nitrogen and oxygen atoms in total. The van der Waals surface area contributed by atoms with Gasteiger partial charge in [0.1, 0.15) is 5.75 Å². The molecule has 0 amide bonds. The average molecular weight is 373 g/mol. The Balaban J connectivity index is 1.60. The molecule has 23 heavy (non-hydrogen) atoms. The molecule has 2 aromatic carbocycles. The van der Waals surface area contributed by atoms with Crippen LogP contribution in [0.15, 0.2) is 46.9 Å². The van der Waals surface area contributed by atoms with Crippen LogP contribution in [0.5, 0.6) is 5.75 Å². The maximum atomic E-state index is 5.18. The van der Waals surface area contributed by atoms with E-state index in [0.29, 0.717) is 0 Å². The largest absolute Gasteiger partial charge is 0.497 e. The van der Waals surface area contributed by atoms with Gasteiger partial charge in [0.05, 0.1) is 7.11 Å². The van der Waals surface area contributed by atoms with Crippen molar-refractivity contribution in [1.29, 1.82) is 0 Å². The minimum Gasteiger partial charge on any atom is -0.497 e. The zero-order valence-corrected chi connectivity index (χ0v) is 15.0. The summed E-state index contributed by atoms with van der Waals surface area (Å²) in [6.07, 6.45) is 1.01. The predicted octanol–water partition coefficient (Wildman–Crippen LogP) is 4.58. The maximum absolute atomic E-state index is 5.18. The van der Waals surface area contributed by atoms with Crippen molar-refractivity contribution in [1.82, 2.24) is 10.3 Å². The Labute approximate surface area is 145 Å². The van der Waals surface area contributed by atoms with Crippen LogP contribution in [-0.2, 0) is 13.0 Å². The Kier molecular flexibility index (Phi) is 5.03. The molecule has 0 radical (unpaired) electrons. The summed E-state index contributed by atoms with van der Waals surface area (Å²) in [5.74, 6) is 0.897. The molecule has 1 aromatic heterocycles. The Morgan fingerprint density at radius 1 is 1.13 bits per heavy atom. The average Bonchev–Trinajstić information content (AvgIpc) is 2.87. The van der Waals surface area contributed by atoms with Crippen LogP contribution in [0.2, 0.25) is 0 Å². The third kappa shape index (κ3) is 3.77. The van der Waals surface area contributed by atoms with E-state index < -0.39 is 0 Å². The molecule has 1 heterocycles. The van der Waals surface area contributed by atoms with E-state index in [9.17, 15) is 0 Å². The van der Waals surface area contributed by atoms with Gasteiger partial charge in [-0.15, -0.1) is 0 Å². The number of H-pyrrole nitrogens is 1. The summed E-state index contributed by atoms with van der Waals surface area (Å²) >= 11 is 3.56. The first-order valence-electron chi connectivity index (χ1n) is 7.77. The van der Waals surface area contributed by atoms with Crippen molar-refractivity contribution in [2.45, 2.75) is 19.9 Å². The third-order valence-electron chi connectivity index (χ3n) is 4.12. The van der Waals surface area contributed by atoms with Crippen LogP contribution in [0, 0.1) is 6.92 Å². The highest BCUT2D eigenvalue weighted by Gasteiger charge is 2.08. The first-order chi connectivity index (χ1) is 11.2. The summed E-state index contributed by atoms with van der Waals surface area (Å²) in [5.41, 5.74) is 5.12. The summed E-state index contributed by atoms with van der Waals surface area (Å²) in [4.78, 5) is 3.46. The van der Waals surface area contributed by atoms with Crippen LogP contribution in [0.1, 0.15) is 16.8 Å². The predicted molar refractivity (Wildman–Crippen MR) is 99.1 cm³/mol. The van der Waals surface area contributed by atoms with Gasteiger partial charge in [0.2, 0.25) is 0 Å². The van der Waals surface area contributed by atoms with Crippen LogP contribution in [-0.4, -0.2) is 18.6 Å². The molecule has 0 unspecified atom stereocenters. The number of rotatable bonds is 6. The molecule has 0 saturated heterocycles. The fourth-order valence-electron chi connectivity index (χ4n) is 2.87. The molecule has 2 N–H and O–H groups in total. The zero-order valence-electron chi connectivity index (χ0n) is 13.4. The SMILES string of the molecule is COc1ccc(CNCCc2c(C)[nH]c3ccc(Br)cc23)cc1. The summed E-state index contributed by atoms with van der Waals surface area (Å²) < 4.78 is 6.30. The van der Waals surface area contributed by atoms with E-state index in [1.54, 1.807) is 7.11 Å². The molecule has 0 saturated carbocycles. The molecule has 3 aromatic rings. The summed E-state index contributed by atoms with van der Waals surface area (Å²) in [6, 6.07) is 14.6. The normalized spacial score (nSPS) is 11.1. The monoisotopic (exact) mass is 372 g/mol. The number of methoxy groups -OCH3 is 1. The van der Waals surface area contributed by atoms with Gasteiger partial charge >= 0.3 is 0 Å². The fourth-order valence-corrected chi connectivity index (χ4v) is 3.23. The van der Waals surface area contributed by atoms with Gasteiger partial charge in [-0.1, -0.05) is 28.1 Å². The second-order valence-electron chi connectivity index (χ2n) is 5.69. The second-order valence-corrected chi connectivity index (χ2v) is 6.61. The molecule has 0 spiro atoms. The van der Waals surface area contributed by atoms with Crippen molar-refractivity contribution in [2.24, 2.45) is 0 Å². The lowest BCUT2D eigenvalue weighted by Crippen LogP contribution is -2.16. The molecule has 0 aliphatic rings. The van der Waals surface area contributed by atoms with Crippen LogP contribution in [0.3, 0.4) is 0 Å². The Bertz CT molecular complexity index is 793. The van der Waals surface area contributed by atoms with Gasteiger partial charge in [0, 0.05) is 27.6 Å².